The second-order valence-electron chi connectivity index (χ2n) is 3.02. The lowest BCUT2D eigenvalue weighted by Crippen LogP contribution is -1.99. The van der Waals surface area contributed by atoms with Crippen LogP contribution in [-0.2, 0) is 4.84 Å². The van der Waals surface area contributed by atoms with Crippen molar-refractivity contribution < 1.29 is 9.63 Å². The van der Waals surface area contributed by atoms with Gasteiger partial charge in [0.2, 0.25) is 0 Å². The Labute approximate surface area is 85.4 Å². The largest absolute Gasteiger partial charge is 0.369 e. The first-order chi connectivity index (χ1) is 7.31. The summed E-state index contributed by atoms with van der Waals surface area (Å²) in [4.78, 5) is 24.9. The number of carbonyl (C=O) groups excluding carboxylic acids is 1. The van der Waals surface area contributed by atoms with E-state index in [1.54, 1.807) is 18.2 Å². The molecule has 0 saturated carbocycles. The fourth-order valence-corrected chi connectivity index (χ4v) is 1.40. The predicted octanol–water partition coefficient (Wildman–Crippen LogP) is 2.68. The molecule has 74 valence electrons. The van der Waals surface area contributed by atoms with Crippen LogP contribution >= 0.6 is 0 Å². The molecule has 2 aromatic carbocycles. The van der Waals surface area contributed by atoms with Gasteiger partial charge in [-0.25, -0.2) is 4.79 Å². The third kappa shape index (κ3) is 1.83. The van der Waals surface area contributed by atoms with E-state index in [1.165, 1.54) is 0 Å². The van der Waals surface area contributed by atoms with Crippen molar-refractivity contribution in [1.29, 1.82) is 0 Å². The Kier molecular flexibility index (Phi) is 2.41. The van der Waals surface area contributed by atoms with Gasteiger partial charge in [0.05, 0.1) is 5.56 Å². The summed E-state index contributed by atoms with van der Waals surface area (Å²) in [5.74, 6) is -0.740. The lowest BCUT2D eigenvalue weighted by molar-refractivity contribution is 0.0508. The van der Waals surface area contributed by atoms with Crippen LogP contribution in [0.3, 0.4) is 0 Å². The van der Waals surface area contributed by atoms with Gasteiger partial charge in [0.25, 0.3) is 0 Å². The first kappa shape index (κ1) is 9.33. The first-order valence-corrected chi connectivity index (χ1v) is 4.34. The van der Waals surface area contributed by atoms with Crippen LogP contribution in [0.2, 0.25) is 0 Å². The molecule has 0 aliphatic rings. The normalized spacial score (nSPS) is 9.87. The number of hydrogen-bond acceptors (Lipinski definition) is 4. The van der Waals surface area contributed by atoms with Crippen LogP contribution < -0.4 is 0 Å². The molecule has 4 heteroatoms. The molecule has 0 aliphatic carbocycles. The maximum Gasteiger partial charge on any atom is 0.369 e. The van der Waals surface area contributed by atoms with Crippen LogP contribution in [0.5, 0.6) is 0 Å². The molecule has 0 unspecified atom stereocenters. The molecule has 0 bridgehead atoms. The van der Waals surface area contributed by atoms with Crippen LogP contribution in [0.1, 0.15) is 10.4 Å². The van der Waals surface area contributed by atoms with E-state index < -0.39 is 5.97 Å². The van der Waals surface area contributed by atoms with Crippen LogP contribution in [0, 0.1) is 4.91 Å². The second-order valence-corrected chi connectivity index (χ2v) is 3.02. The molecule has 0 radical (unpaired) electrons. The smallest absolute Gasteiger partial charge is 0.279 e. The van der Waals surface area contributed by atoms with Gasteiger partial charge in [0.15, 0.2) is 5.34 Å². The fourth-order valence-electron chi connectivity index (χ4n) is 1.40. The van der Waals surface area contributed by atoms with Crippen molar-refractivity contribution in [2.75, 3.05) is 0 Å². The molecule has 0 fully saturated rings. The summed E-state index contributed by atoms with van der Waals surface area (Å²) in [6.07, 6.45) is 0. The van der Waals surface area contributed by atoms with Gasteiger partial charge in [-0.1, -0.05) is 30.3 Å². The number of benzene rings is 2. The van der Waals surface area contributed by atoms with E-state index >= 15 is 0 Å². The maximum atomic E-state index is 11.2. The third-order valence-corrected chi connectivity index (χ3v) is 2.11. The van der Waals surface area contributed by atoms with E-state index in [-0.39, 0.29) is 0 Å². The van der Waals surface area contributed by atoms with Gasteiger partial charge in [0, 0.05) is 0 Å². The van der Waals surface area contributed by atoms with Gasteiger partial charge in [-0.05, 0) is 22.9 Å². The maximum absolute atomic E-state index is 11.2. The van der Waals surface area contributed by atoms with Crippen LogP contribution in [0.15, 0.2) is 47.8 Å². The van der Waals surface area contributed by atoms with E-state index in [9.17, 15) is 9.70 Å². The Bertz CT molecular complexity index is 522. The number of fused-ring (bicyclic) bond motifs is 1. The Hall–Kier alpha value is -2.23. The molecule has 4 nitrogen and oxygen atoms in total. The van der Waals surface area contributed by atoms with Crippen molar-refractivity contribution >= 4 is 16.7 Å². The van der Waals surface area contributed by atoms with Gasteiger partial charge in [-0.2, -0.15) is 0 Å². The molecule has 0 heterocycles. The summed E-state index contributed by atoms with van der Waals surface area (Å²) in [6.45, 7) is 0. The van der Waals surface area contributed by atoms with Crippen molar-refractivity contribution in [3.05, 3.63) is 52.9 Å². The summed E-state index contributed by atoms with van der Waals surface area (Å²) in [5.41, 5.74) is 0.313. The molecule has 2 rings (SSSR count). The standard InChI is InChI=1S/C11H7NO3/c13-11(15-12-14)10-6-5-8-3-1-2-4-9(8)7-10/h1-7H. The number of carbonyl (C=O) groups is 1. The Morgan fingerprint density at radius 2 is 1.80 bits per heavy atom. The van der Waals surface area contributed by atoms with Crippen LogP contribution in [0.25, 0.3) is 10.8 Å². The third-order valence-electron chi connectivity index (χ3n) is 2.11. The quantitative estimate of drug-likeness (QED) is 0.554. The summed E-state index contributed by atoms with van der Waals surface area (Å²) in [6, 6.07) is 12.6. The average molecular weight is 201 g/mol. The van der Waals surface area contributed by atoms with E-state index in [4.69, 9.17) is 0 Å². The van der Waals surface area contributed by atoms with Crippen molar-refractivity contribution in [1.82, 2.24) is 0 Å². The molecule has 15 heavy (non-hydrogen) atoms. The van der Waals surface area contributed by atoms with Crippen molar-refractivity contribution in [2.24, 2.45) is 5.34 Å². The highest BCUT2D eigenvalue weighted by atomic mass is 16.7. The molecule has 0 saturated heterocycles. The Morgan fingerprint density at radius 3 is 2.53 bits per heavy atom. The zero-order chi connectivity index (χ0) is 10.7. The first-order valence-electron chi connectivity index (χ1n) is 4.34. The predicted molar refractivity (Wildman–Crippen MR) is 55.2 cm³/mol. The van der Waals surface area contributed by atoms with E-state index in [1.807, 2.05) is 24.3 Å². The lowest BCUT2D eigenvalue weighted by Gasteiger charge is -1.99. The van der Waals surface area contributed by atoms with Gasteiger partial charge in [0.1, 0.15) is 0 Å². The van der Waals surface area contributed by atoms with Crippen LogP contribution in [0.4, 0.5) is 0 Å². The molecule has 0 atom stereocenters. The molecule has 0 N–H and O–H groups in total. The van der Waals surface area contributed by atoms with Crippen molar-refractivity contribution in [2.45, 2.75) is 0 Å². The molecular weight excluding hydrogens is 194 g/mol. The summed E-state index contributed by atoms with van der Waals surface area (Å²) in [5, 5.41) is 4.03. The average Bonchev–Trinajstić information content (AvgIpc) is 2.29. The Balaban J connectivity index is 2.46. The molecule has 0 amide bonds. The summed E-state index contributed by atoms with van der Waals surface area (Å²) >= 11 is 0. The molecular formula is C11H7NO3. The minimum Gasteiger partial charge on any atom is -0.279 e. The van der Waals surface area contributed by atoms with Gasteiger partial charge in [-0.3, -0.25) is 4.84 Å². The number of nitrogens with zero attached hydrogens (tertiary/aromatic N) is 1. The summed E-state index contributed by atoms with van der Waals surface area (Å²) < 4.78 is 0. The second kappa shape index (κ2) is 3.88. The highest BCUT2D eigenvalue weighted by Gasteiger charge is 2.07. The summed E-state index contributed by atoms with van der Waals surface area (Å²) in [7, 11) is 0. The van der Waals surface area contributed by atoms with Crippen molar-refractivity contribution in [3.63, 3.8) is 0 Å². The SMILES string of the molecule is O=NOC(=O)c1ccc2ccccc2c1. The van der Waals surface area contributed by atoms with E-state index in [0.717, 1.165) is 10.8 Å². The number of rotatable bonds is 2. The molecule has 0 aromatic heterocycles. The zero-order valence-electron chi connectivity index (χ0n) is 7.71. The van der Waals surface area contributed by atoms with Gasteiger partial charge in [-0.15, -0.1) is 4.91 Å². The zero-order valence-corrected chi connectivity index (χ0v) is 7.71. The monoisotopic (exact) mass is 201 g/mol. The number of hydrogen-bond donors (Lipinski definition) is 0. The van der Waals surface area contributed by atoms with Gasteiger partial charge < -0.3 is 0 Å². The molecule has 0 aliphatic heterocycles. The Morgan fingerprint density at radius 1 is 1.07 bits per heavy atom. The highest BCUT2D eigenvalue weighted by Crippen LogP contribution is 2.16. The minimum absolute atomic E-state index is 0.313. The minimum atomic E-state index is -0.740. The van der Waals surface area contributed by atoms with E-state index in [2.05, 4.69) is 10.2 Å². The van der Waals surface area contributed by atoms with Gasteiger partial charge >= 0.3 is 5.97 Å². The van der Waals surface area contributed by atoms with Crippen LogP contribution in [-0.4, -0.2) is 5.97 Å². The van der Waals surface area contributed by atoms with Crippen molar-refractivity contribution in [3.8, 4) is 0 Å². The van der Waals surface area contributed by atoms with E-state index in [0.29, 0.717) is 5.56 Å². The molecule has 0 spiro atoms. The highest BCUT2D eigenvalue weighted by molar-refractivity contribution is 5.95. The fraction of sp³-hybridized carbons (Fsp3) is 0. The lowest BCUT2D eigenvalue weighted by atomic mass is 10.1. The molecule has 2 aromatic rings. The topological polar surface area (TPSA) is 55.7 Å².